The number of aliphatic hydroxyl groups is 1. The molecule has 0 aromatic carbocycles. The molecule has 1 aliphatic rings. The Morgan fingerprint density at radius 1 is 1.44 bits per heavy atom. The summed E-state index contributed by atoms with van der Waals surface area (Å²) in [4.78, 5) is 11.0. The second-order valence-electron chi connectivity index (χ2n) is 5.09. The number of anilines is 1. The van der Waals surface area contributed by atoms with E-state index in [1.807, 2.05) is 0 Å². The number of rotatable bonds is 3. The van der Waals surface area contributed by atoms with Gasteiger partial charge < -0.3 is 10.0 Å². The molecule has 100 valence electrons. The molecule has 1 fully saturated rings. The fourth-order valence-electron chi connectivity index (χ4n) is 2.32. The van der Waals surface area contributed by atoms with E-state index in [0.717, 1.165) is 37.4 Å². The molecule has 1 aromatic heterocycles. The lowest BCUT2D eigenvalue weighted by Gasteiger charge is -2.35. The van der Waals surface area contributed by atoms with Crippen LogP contribution in [0.3, 0.4) is 0 Å². The summed E-state index contributed by atoms with van der Waals surface area (Å²) in [7, 11) is 0. The van der Waals surface area contributed by atoms with E-state index >= 15 is 0 Å². The maximum atomic E-state index is 9.45. The molecule has 1 N–H and O–H groups in total. The Bertz CT molecular complexity index is 411. The van der Waals surface area contributed by atoms with E-state index in [4.69, 9.17) is 11.6 Å². The summed E-state index contributed by atoms with van der Waals surface area (Å²) in [6.07, 6.45) is 3.31. The summed E-state index contributed by atoms with van der Waals surface area (Å²) < 4.78 is 0. The lowest BCUT2D eigenvalue weighted by Crippen LogP contribution is -2.42. The molecule has 5 heteroatoms. The van der Waals surface area contributed by atoms with Crippen LogP contribution >= 0.6 is 11.6 Å². The molecule has 0 aliphatic carbocycles. The molecular formula is C13H20ClN3O. The van der Waals surface area contributed by atoms with E-state index < -0.39 is 0 Å². The van der Waals surface area contributed by atoms with Gasteiger partial charge in [-0.25, -0.2) is 9.97 Å². The van der Waals surface area contributed by atoms with Gasteiger partial charge in [-0.1, -0.05) is 25.4 Å². The number of piperidine rings is 1. The minimum Gasteiger partial charge on any atom is -0.394 e. The standard InChI is InChI=1S/C13H20ClN3O/c1-9(2)13-15-11(14)7-12(16-13)17-6-4-3-5-10(17)8-18/h7,9-10,18H,3-6,8H2,1-2H3. The topological polar surface area (TPSA) is 49.2 Å². The predicted octanol–water partition coefficient (Wildman–Crippen LogP) is 2.60. The third kappa shape index (κ3) is 2.93. The van der Waals surface area contributed by atoms with Crippen molar-refractivity contribution in [2.75, 3.05) is 18.1 Å². The number of hydrogen-bond donors (Lipinski definition) is 1. The van der Waals surface area contributed by atoms with Crippen LogP contribution in [0.4, 0.5) is 5.82 Å². The first-order chi connectivity index (χ1) is 8.61. The van der Waals surface area contributed by atoms with Gasteiger partial charge in [0, 0.05) is 18.5 Å². The van der Waals surface area contributed by atoms with Crippen LogP contribution in [0.1, 0.15) is 44.9 Å². The predicted molar refractivity (Wildman–Crippen MR) is 73.2 cm³/mol. The Hall–Kier alpha value is -0.870. The second kappa shape index (κ2) is 5.85. The Morgan fingerprint density at radius 3 is 2.89 bits per heavy atom. The molecule has 0 saturated carbocycles. The number of halogens is 1. The van der Waals surface area contributed by atoms with Crippen LogP contribution in [0.15, 0.2) is 6.07 Å². The first-order valence-corrected chi connectivity index (χ1v) is 6.91. The summed E-state index contributed by atoms with van der Waals surface area (Å²) >= 11 is 6.06. The van der Waals surface area contributed by atoms with E-state index in [9.17, 15) is 5.11 Å². The lowest BCUT2D eigenvalue weighted by atomic mass is 10.0. The minimum absolute atomic E-state index is 0.157. The summed E-state index contributed by atoms with van der Waals surface area (Å²) in [5.74, 6) is 1.86. The third-order valence-corrected chi connectivity index (χ3v) is 3.54. The molecular weight excluding hydrogens is 250 g/mol. The molecule has 1 aliphatic heterocycles. The molecule has 1 unspecified atom stereocenters. The highest BCUT2D eigenvalue weighted by Crippen LogP contribution is 2.26. The molecule has 1 atom stereocenters. The Labute approximate surface area is 113 Å². The van der Waals surface area contributed by atoms with E-state index in [1.165, 1.54) is 0 Å². The first-order valence-electron chi connectivity index (χ1n) is 6.53. The zero-order chi connectivity index (χ0) is 13.1. The smallest absolute Gasteiger partial charge is 0.135 e. The zero-order valence-corrected chi connectivity index (χ0v) is 11.7. The second-order valence-corrected chi connectivity index (χ2v) is 5.47. The van der Waals surface area contributed by atoms with Crippen molar-refractivity contribution in [2.45, 2.75) is 45.1 Å². The fraction of sp³-hybridized carbons (Fsp3) is 0.692. The van der Waals surface area contributed by atoms with E-state index in [0.29, 0.717) is 5.15 Å². The van der Waals surface area contributed by atoms with Crippen LogP contribution in [0.2, 0.25) is 5.15 Å². The normalized spacial score (nSPS) is 20.5. The quantitative estimate of drug-likeness (QED) is 0.857. The number of aliphatic hydroxyl groups excluding tert-OH is 1. The van der Waals surface area contributed by atoms with Crippen LogP contribution in [-0.4, -0.2) is 34.3 Å². The molecule has 0 spiro atoms. The monoisotopic (exact) mass is 269 g/mol. The van der Waals surface area contributed by atoms with Crippen molar-refractivity contribution in [1.29, 1.82) is 0 Å². The van der Waals surface area contributed by atoms with Gasteiger partial charge >= 0.3 is 0 Å². The van der Waals surface area contributed by atoms with Crippen molar-refractivity contribution in [3.8, 4) is 0 Å². The molecule has 0 amide bonds. The molecule has 4 nitrogen and oxygen atoms in total. The maximum absolute atomic E-state index is 9.45. The Kier molecular flexibility index (Phi) is 4.40. The average Bonchev–Trinajstić information content (AvgIpc) is 2.38. The van der Waals surface area contributed by atoms with Gasteiger partial charge in [-0.15, -0.1) is 0 Å². The van der Waals surface area contributed by atoms with Crippen LogP contribution in [0, 0.1) is 0 Å². The third-order valence-electron chi connectivity index (χ3n) is 3.35. The lowest BCUT2D eigenvalue weighted by molar-refractivity contribution is 0.239. The molecule has 0 bridgehead atoms. The van der Waals surface area contributed by atoms with E-state index in [2.05, 4.69) is 28.7 Å². The van der Waals surface area contributed by atoms with Gasteiger partial charge in [0.15, 0.2) is 0 Å². The largest absolute Gasteiger partial charge is 0.394 e. The van der Waals surface area contributed by atoms with Gasteiger partial charge in [-0.2, -0.15) is 0 Å². The van der Waals surface area contributed by atoms with Crippen LogP contribution in [0.5, 0.6) is 0 Å². The minimum atomic E-state index is 0.157. The Morgan fingerprint density at radius 2 is 2.22 bits per heavy atom. The molecule has 18 heavy (non-hydrogen) atoms. The maximum Gasteiger partial charge on any atom is 0.135 e. The zero-order valence-electron chi connectivity index (χ0n) is 10.9. The molecule has 1 aromatic rings. The van der Waals surface area contributed by atoms with Crippen molar-refractivity contribution in [2.24, 2.45) is 0 Å². The van der Waals surface area contributed by atoms with Crippen LogP contribution in [-0.2, 0) is 0 Å². The summed E-state index contributed by atoms with van der Waals surface area (Å²) in [5, 5.41) is 9.93. The van der Waals surface area contributed by atoms with Crippen LogP contribution < -0.4 is 4.90 Å². The van der Waals surface area contributed by atoms with Gasteiger partial charge in [0.1, 0.15) is 16.8 Å². The highest BCUT2D eigenvalue weighted by molar-refractivity contribution is 6.29. The van der Waals surface area contributed by atoms with Gasteiger partial charge in [0.05, 0.1) is 12.6 Å². The van der Waals surface area contributed by atoms with Crippen molar-refractivity contribution in [3.63, 3.8) is 0 Å². The molecule has 1 saturated heterocycles. The van der Waals surface area contributed by atoms with Gasteiger partial charge in [-0.05, 0) is 19.3 Å². The highest BCUT2D eigenvalue weighted by atomic mass is 35.5. The number of hydrogen-bond acceptors (Lipinski definition) is 4. The molecule has 0 radical (unpaired) electrons. The van der Waals surface area contributed by atoms with Crippen molar-refractivity contribution in [1.82, 2.24) is 9.97 Å². The van der Waals surface area contributed by atoms with Crippen molar-refractivity contribution in [3.05, 3.63) is 17.0 Å². The van der Waals surface area contributed by atoms with Gasteiger partial charge in [0.2, 0.25) is 0 Å². The number of nitrogens with zero attached hydrogens (tertiary/aromatic N) is 3. The summed E-state index contributed by atoms with van der Waals surface area (Å²) in [6, 6.07) is 1.95. The van der Waals surface area contributed by atoms with Crippen molar-refractivity contribution < 1.29 is 5.11 Å². The highest BCUT2D eigenvalue weighted by Gasteiger charge is 2.24. The fourth-order valence-corrected chi connectivity index (χ4v) is 2.50. The van der Waals surface area contributed by atoms with E-state index in [1.54, 1.807) is 6.07 Å². The average molecular weight is 270 g/mol. The molecule has 2 rings (SSSR count). The van der Waals surface area contributed by atoms with Gasteiger partial charge in [0.25, 0.3) is 0 Å². The summed E-state index contributed by atoms with van der Waals surface area (Å²) in [5.41, 5.74) is 0. The Balaban J connectivity index is 2.30. The SMILES string of the molecule is CC(C)c1nc(Cl)cc(N2CCCCC2CO)n1. The van der Waals surface area contributed by atoms with Gasteiger partial charge in [-0.3, -0.25) is 0 Å². The summed E-state index contributed by atoms with van der Waals surface area (Å²) in [6.45, 7) is 5.19. The first kappa shape index (κ1) is 13.6. The molecule has 2 heterocycles. The van der Waals surface area contributed by atoms with Crippen molar-refractivity contribution >= 4 is 17.4 Å². The van der Waals surface area contributed by atoms with Crippen LogP contribution in [0.25, 0.3) is 0 Å². The van der Waals surface area contributed by atoms with E-state index in [-0.39, 0.29) is 18.6 Å². The number of aromatic nitrogens is 2.